The zero-order valence-corrected chi connectivity index (χ0v) is 9.37. The fraction of sp³-hybridized carbons (Fsp3) is 1.00. The molecule has 0 aliphatic heterocycles. The fourth-order valence-corrected chi connectivity index (χ4v) is 1.23. The normalized spacial score (nSPS) is 15.2. The van der Waals surface area contributed by atoms with Gasteiger partial charge in [-0.3, -0.25) is 4.90 Å². The van der Waals surface area contributed by atoms with Crippen LogP contribution in [-0.4, -0.2) is 68.5 Å². The summed E-state index contributed by atoms with van der Waals surface area (Å²) in [7, 11) is 12.3. The molecule has 4 nitrogen and oxygen atoms in total. The van der Waals surface area contributed by atoms with E-state index in [1.54, 1.807) is 0 Å². The third-order valence-electron chi connectivity index (χ3n) is 1.90. The quantitative estimate of drug-likeness (QED) is 0.444. The van der Waals surface area contributed by atoms with Crippen LogP contribution in [0.15, 0.2) is 0 Å². The van der Waals surface area contributed by atoms with E-state index in [0.29, 0.717) is 6.17 Å². The Kier molecular flexibility index (Phi) is 4.70. The van der Waals surface area contributed by atoms with Crippen LogP contribution in [0.5, 0.6) is 0 Å². The molecule has 1 atom stereocenters. The second-order valence-corrected chi connectivity index (χ2v) is 3.61. The summed E-state index contributed by atoms with van der Waals surface area (Å²) < 4.78 is 0. The summed E-state index contributed by atoms with van der Waals surface area (Å²) in [4.78, 5) is 2.17. The zero-order chi connectivity index (χ0) is 9.89. The van der Waals surface area contributed by atoms with Gasteiger partial charge in [0.25, 0.3) is 0 Å². The lowest BCUT2D eigenvalue weighted by Crippen LogP contribution is -2.55. The number of hydrazine groups is 2. The maximum absolute atomic E-state index is 2.17. The second-order valence-electron chi connectivity index (χ2n) is 3.61. The first kappa shape index (κ1) is 11.8. The van der Waals surface area contributed by atoms with Crippen LogP contribution in [0.1, 0.15) is 6.92 Å². The van der Waals surface area contributed by atoms with E-state index < -0.39 is 0 Å². The number of hydrogen-bond donors (Lipinski definition) is 0. The van der Waals surface area contributed by atoms with Crippen molar-refractivity contribution in [3.63, 3.8) is 0 Å². The minimum absolute atomic E-state index is 0.370. The first-order valence-corrected chi connectivity index (χ1v) is 4.18. The predicted molar refractivity (Wildman–Crippen MR) is 52.4 cm³/mol. The average molecular weight is 174 g/mol. The molecule has 0 amide bonds. The molecule has 0 fully saturated rings. The monoisotopic (exact) mass is 174 g/mol. The van der Waals surface area contributed by atoms with Gasteiger partial charge in [-0.15, -0.1) is 0 Å². The van der Waals surface area contributed by atoms with Crippen molar-refractivity contribution in [3.8, 4) is 0 Å². The highest BCUT2D eigenvalue weighted by molar-refractivity contribution is 4.55. The van der Waals surface area contributed by atoms with Crippen molar-refractivity contribution >= 4 is 0 Å². The molecule has 0 aliphatic carbocycles. The highest BCUT2D eigenvalue weighted by atomic mass is 15.9. The third kappa shape index (κ3) is 3.06. The minimum Gasteiger partial charge on any atom is -0.292 e. The molecular weight excluding hydrogens is 152 g/mol. The summed E-state index contributed by atoms with van der Waals surface area (Å²) in [6.07, 6.45) is 0.370. The third-order valence-corrected chi connectivity index (χ3v) is 1.90. The molecule has 0 saturated carbocycles. The highest BCUT2D eigenvalue weighted by Gasteiger charge is 2.19. The molecule has 4 heteroatoms. The van der Waals surface area contributed by atoms with Gasteiger partial charge in [0.1, 0.15) is 0 Å². The predicted octanol–water partition coefficient (Wildman–Crippen LogP) is 0.149. The van der Waals surface area contributed by atoms with E-state index in [1.807, 2.05) is 28.2 Å². The topological polar surface area (TPSA) is 13.0 Å². The van der Waals surface area contributed by atoms with E-state index in [4.69, 9.17) is 0 Å². The fourth-order valence-electron chi connectivity index (χ4n) is 1.23. The van der Waals surface area contributed by atoms with Gasteiger partial charge in [-0.25, -0.2) is 10.0 Å². The van der Waals surface area contributed by atoms with Crippen molar-refractivity contribution in [1.82, 2.24) is 20.0 Å². The van der Waals surface area contributed by atoms with Gasteiger partial charge in [0.2, 0.25) is 0 Å². The summed E-state index contributed by atoms with van der Waals surface area (Å²) in [5.41, 5.74) is 0. The largest absolute Gasteiger partial charge is 0.292 e. The van der Waals surface area contributed by atoms with E-state index >= 15 is 0 Å². The zero-order valence-electron chi connectivity index (χ0n) is 9.37. The molecule has 0 saturated heterocycles. The summed E-state index contributed by atoms with van der Waals surface area (Å²) >= 11 is 0. The molecule has 0 radical (unpaired) electrons. The van der Waals surface area contributed by atoms with Gasteiger partial charge >= 0.3 is 0 Å². The molecule has 0 rings (SSSR count). The van der Waals surface area contributed by atoms with Crippen LogP contribution in [-0.2, 0) is 0 Å². The number of hydrogen-bond acceptors (Lipinski definition) is 4. The van der Waals surface area contributed by atoms with Crippen molar-refractivity contribution in [2.75, 3.05) is 42.3 Å². The lowest BCUT2D eigenvalue weighted by Gasteiger charge is -2.41. The van der Waals surface area contributed by atoms with Crippen molar-refractivity contribution in [2.24, 2.45) is 0 Å². The van der Waals surface area contributed by atoms with E-state index in [0.717, 1.165) is 0 Å². The summed E-state index contributed by atoms with van der Waals surface area (Å²) in [6.45, 7) is 2.17. The van der Waals surface area contributed by atoms with Crippen LogP contribution in [0.4, 0.5) is 0 Å². The maximum Gasteiger partial charge on any atom is 0.0887 e. The lowest BCUT2D eigenvalue weighted by atomic mass is 10.5. The van der Waals surface area contributed by atoms with Gasteiger partial charge in [-0.05, 0) is 21.0 Å². The van der Waals surface area contributed by atoms with E-state index in [-0.39, 0.29) is 0 Å². The van der Waals surface area contributed by atoms with Gasteiger partial charge in [-0.1, -0.05) is 0 Å². The maximum atomic E-state index is 2.17. The van der Waals surface area contributed by atoms with Gasteiger partial charge < -0.3 is 0 Å². The van der Waals surface area contributed by atoms with Crippen molar-refractivity contribution in [3.05, 3.63) is 0 Å². The molecular formula is C8H22N4. The molecule has 12 heavy (non-hydrogen) atoms. The highest BCUT2D eigenvalue weighted by Crippen LogP contribution is 2.04. The average Bonchev–Trinajstić information content (AvgIpc) is 1.85. The molecule has 0 N–H and O–H groups in total. The van der Waals surface area contributed by atoms with Gasteiger partial charge in [0.15, 0.2) is 0 Å². The molecule has 0 aromatic carbocycles. The molecule has 1 unspecified atom stereocenters. The molecule has 0 bridgehead atoms. The smallest absolute Gasteiger partial charge is 0.0887 e. The van der Waals surface area contributed by atoms with Crippen molar-refractivity contribution in [2.45, 2.75) is 13.1 Å². The second kappa shape index (κ2) is 4.77. The van der Waals surface area contributed by atoms with Crippen molar-refractivity contribution in [1.29, 1.82) is 0 Å². The first-order chi connectivity index (χ1) is 5.37. The van der Waals surface area contributed by atoms with Crippen molar-refractivity contribution < 1.29 is 0 Å². The number of nitrogens with zero attached hydrogens (tertiary/aromatic N) is 4. The van der Waals surface area contributed by atoms with Crippen LogP contribution in [0, 0.1) is 0 Å². The van der Waals surface area contributed by atoms with Gasteiger partial charge in [-0.2, -0.15) is 5.12 Å². The summed E-state index contributed by atoms with van der Waals surface area (Å²) in [5, 5.41) is 6.31. The Morgan fingerprint density at radius 3 is 1.17 bits per heavy atom. The lowest BCUT2D eigenvalue weighted by molar-refractivity contribution is -0.191. The van der Waals surface area contributed by atoms with E-state index in [9.17, 15) is 0 Å². The van der Waals surface area contributed by atoms with Crippen LogP contribution >= 0.6 is 0 Å². The molecule has 0 heterocycles. The molecule has 0 aliphatic rings. The Morgan fingerprint density at radius 1 is 0.750 bits per heavy atom. The van der Waals surface area contributed by atoms with Crippen LogP contribution in [0.2, 0.25) is 0 Å². The Balaban J connectivity index is 4.30. The molecule has 0 aromatic heterocycles. The van der Waals surface area contributed by atoms with E-state index in [1.165, 1.54) is 0 Å². The Bertz CT molecular complexity index is 114. The Morgan fingerprint density at radius 2 is 1.08 bits per heavy atom. The summed E-state index contributed by atoms with van der Waals surface area (Å²) in [5.74, 6) is 0. The van der Waals surface area contributed by atoms with Gasteiger partial charge in [0, 0.05) is 28.2 Å². The first-order valence-electron chi connectivity index (χ1n) is 4.18. The van der Waals surface area contributed by atoms with Gasteiger partial charge in [0.05, 0.1) is 6.17 Å². The molecule has 0 spiro atoms. The SMILES string of the molecule is CC(N(C)C)N(N(C)C)N(C)C. The summed E-state index contributed by atoms with van der Waals surface area (Å²) in [6, 6.07) is 0. The standard InChI is InChI=1S/C8H22N4/c1-8(9(2)3)12(10(4)5)11(6)7/h8H,1-7H3. The number of rotatable bonds is 4. The van der Waals surface area contributed by atoms with Crippen LogP contribution in [0.25, 0.3) is 0 Å². The minimum atomic E-state index is 0.370. The van der Waals surface area contributed by atoms with Crippen LogP contribution < -0.4 is 0 Å². The Labute approximate surface area is 76.3 Å². The molecule has 0 aromatic rings. The van der Waals surface area contributed by atoms with E-state index in [2.05, 4.69) is 41.1 Å². The van der Waals surface area contributed by atoms with Crippen LogP contribution in [0.3, 0.4) is 0 Å². The Hall–Kier alpha value is -0.160. The molecule has 74 valence electrons.